The lowest BCUT2D eigenvalue weighted by Gasteiger charge is -2.33. The molecule has 3 heteroatoms. The first kappa shape index (κ1) is 14.5. The maximum atomic E-state index is 6.70. The molecule has 4 rings (SSSR count). The third kappa shape index (κ3) is 2.17. The zero-order valence-electron chi connectivity index (χ0n) is 14.0. The number of nitrogens with two attached hydrogens (primary N) is 1. The van der Waals surface area contributed by atoms with Gasteiger partial charge in [0.25, 0.3) is 4.83 Å². The average molecular weight is 316 g/mol. The molecule has 0 bridgehead atoms. The van der Waals surface area contributed by atoms with Crippen LogP contribution in [0.25, 0.3) is 10.2 Å². The molecule has 22 heavy (non-hydrogen) atoms. The van der Waals surface area contributed by atoms with Gasteiger partial charge in [0.2, 0.25) is 0 Å². The molecule has 3 N–H and O–H groups in total. The number of fused-ring (bicyclic) bond motifs is 4. The molecule has 0 radical (unpaired) electrons. The van der Waals surface area contributed by atoms with Gasteiger partial charge in [-0.2, -0.15) is 4.98 Å². The van der Waals surface area contributed by atoms with Gasteiger partial charge in [0.05, 0.1) is 11.1 Å². The Morgan fingerprint density at radius 2 is 1.86 bits per heavy atom. The lowest BCUT2D eigenvalue weighted by molar-refractivity contribution is -0.356. The van der Waals surface area contributed by atoms with E-state index >= 15 is 0 Å². The molecule has 2 nitrogen and oxygen atoms in total. The standard InChI is InChI=1S/C19H26N2S/c1-19(2,3)11-8-9-14-13(10-11)17(20)16-12-6-4-5-7-15(12)22-18(16)21-14/h11H,4-10H2,1-3H3,(H2,20,21)/p+1/t11-/m0/s1. The first-order chi connectivity index (χ1) is 10.4. The fraction of sp³-hybridized carbons (Fsp3) is 0.632. The van der Waals surface area contributed by atoms with Gasteiger partial charge in [-0.3, -0.25) is 0 Å². The largest absolute Gasteiger partial charge is 0.398 e. The molecule has 0 aliphatic heterocycles. The highest BCUT2D eigenvalue weighted by atomic mass is 32.1. The van der Waals surface area contributed by atoms with E-state index in [0.29, 0.717) is 5.41 Å². The summed E-state index contributed by atoms with van der Waals surface area (Å²) >= 11 is 1.96. The molecule has 0 saturated carbocycles. The number of pyridine rings is 1. The third-order valence-corrected chi connectivity index (χ3v) is 7.02. The quantitative estimate of drug-likeness (QED) is 0.772. The lowest BCUT2D eigenvalue weighted by Crippen LogP contribution is -2.31. The van der Waals surface area contributed by atoms with Crippen LogP contribution in [-0.4, -0.2) is 0 Å². The Morgan fingerprint density at radius 1 is 1.09 bits per heavy atom. The fourth-order valence-corrected chi connectivity index (χ4v) is 5.65. The van der Waals surface area contributed by atoms with E-state index in [1.165, 1.54) is 53.6 Å². The van der Waals surface area contributed by atoms with E-state index in [9.17, 15) is 0 Å². The van der Waals surface area contributed by atoms with Crippen molar-refractivity contribution >= 4 is 27.2 Å². The molecule has 0 fully saturated rings. The number of nitrogen functional groups attached to an aromatic ring is 1. The zero-order valence-corrected chi connectivity index (χ0v) is 14.8. The second-order valence-electron chi connectivity index (χ2n) is 8.22. The second-order valence-corrected chi connectivity index (χ2v) is 9.32. The highest BCUT2D eigenvalue weighted by molar-refractivity contribution is 7.18. The summed E-state index contributed by atoms with van der Waals surface area (Å²) in [5.41, 5.74) is 12.5. The zero-order chi connectivity index (χ0) is 15.5. The van der Waals surface area contributed by atoms with Gasteiger partial charge in [-0.25, -0.2) is 0 Å². The summed E-state index contributed by atoms with van der Waals surface area (Å²) in [6.07, 6.45) is 8.70. The summed E-state index contributed by atoms with van der Waals surface area (Å²) in [6.45, 7) is 7.11. The van der Waals surface area contributed by atoms with Crippen molar-refractivity contribution in [2.75, 3.05) is 5.73 Å². The molecule has 0 aromatic carbocycles. The van der Waals surface area contributed by atoms with Crippen LogP contribution in [0.4, 0.5) is 5.69 Å². The predicted octanol–water partition coefficient (Wildman–Crippen LogP) is 4.33. The van der Waals surface area contributed by atoms with Crippen LogP contribution in [0, 0.1) is 11.3 Å². The molecular weight excluding hydrogens is 288 g/mol. The topological polar surface area (TPSA) is 40.2 Å². The SMILES string of the molecule is CC(C)(C)[C@H]1CCc2[nH+]c3sc4c(c3c(N)c2C1)CCCC4. The van der Waals surface area contributed by atoms with Crippen molar-refractivity contribution in [2.24, 2.45) is 11.3 Å². The molecule has 118 valence electrons. The smallest absolute Gasteiger partial charge is 0.270 e. The summed E-state index contributed by atoms with van der Waals surface area (Å²) in [5, 5.41) is 1.37. The van der Waals surface area contributed by atoms with E-state index in [-0.39, 0.29) is 0 Å². The van der Waals surface area contributed by atoms with Crippen LogP contribution in [0.5, 0.6) is 0 Å². The van der Waals surface area contributed by atoms with Crippen molar-refractivity contribution < 1.29 is 4.98 Å². The number of hydrogen-bond donors (Lipinski definition) is 1. The van der Waals surface area contributed by atoms with Crippen LogP contribution in [-0.2, 0) is 25.7 Å². The van der Waals surface area contributed by atoms with E-state index in [4.69, 9.17) is 5.73 Å². The first-order valence-electron chi connectivity index (χ1n) is 8.72. The van der Waals surface area contributed by atoms with Gasteiger partial charge in [-0.05, 0) is 55.4 Å². The van der Waals surface area contributed by atoms with Crippen LogP contribution in [0.2, 0.25) is 0 Å². The second kappa shape index (κ2) is 4.95. The van der Waals surface area contributed by atoms with Crippen molar-refractivity contribution in [2.45, 2.75) is 65.7 Å². The van der Waals surface area contributed by atoms with Crippen molar-refractivity contribution in [3.8, 4) is 0 Å². The maximum Gasteiger partial charge on any atom is 0.270 e. The summed E-state index contributed by atoms with van der Waals surface area (Å²) in [7, 11) is 0. The van der Waals surface area contributed by atoms with E-state index < -0.39 is 0 Å². The van der Waals surface area contributed by atoms with E-state index in [1.54, 1.807) is 10.4 Å². The number of anilines is 1. The van der Waals surface area contributed by atoms with Crippen LogP contribution in [0.3, 0.4) is 0 Å². The number of rotatable bonds is 0. The number of thiophene rings is 1. The summed E-state index contributed by atoms with van der Waals surface area (Å²) < 4.78 is 0. The number of aromatic nitrogens is 1. The van der Waals surface area contributed by atoms with Crippen molar-refractivity contribution in [3.05, 3.63) is 21.7 Å². The molecular formula is C19H27N2S+. The van der Waals surface area contributed by atoms with Gasteiger partial charge >= 0.3 is 0 Å². The molecule has 0 amide bonds. The van der Waals surface area contributed by atoms with E-state index in [2.05, 4.69) is 25.8 Å². The molecule has 2 aliphatic carbocycles. The number of H-pyrrole nitrogens is 1. The number of nitrogens with one attached hydrogen (secondary N) is 1. The maximum absolute atomic E-state index is 6.70. The Morgan fingerprint density at radius 3 is 2.64 bits per heavy atom. The number of hydrogen-bond acceptors (Lipinski definition) is 2. The van der Waals surface area contributed by atoms with E-state index in [0.717, 1.165) is 24.4 Å². The van der Waals surface area contributed by atoms with Crippen molar-refractivity contribution in [3.63, 3.8) is 0 Å². The van der Waals surface area contributed by atoms with Gasteiger partial charge in [0.1, 0.15) is 0 Å². The minimum absolute atomic E-state index is 0.368. The van der Waals surface area contributed by atoms with E-state index in [1.807, 2.05) is 11.3 Å². The highest BCUT2D eigenvalue weighted by Gasteiger charge is 2.34. The van der Waals surface area contributed by atoms with Crippen LogP contribution >= 0.6 is 11.3 Å². The molecule has 1 atom stereocenters. The van der Waals surface area contributed by atoms with Crippen molar-refractivity contribution in [1.29, 1.82) is 0 Å². The Hall–Kier alpha value is -1.09. The molecule has 2 heterocycles. The lowest BCUT2D eigenvalue weighted by atomic mass is 9.71. The van der Waals surface area contributed by atoms with Crippen LogP contribution < -0.4 is 10.7 Å². The number of aromatic amines is 1. The number of aryl methyl sites for hydroxylation is 3. The summed E-state index contributed by atoms with van der Waals surface area (Å²) in [4.78, 5) is 6.67. The predicted molar refractivity (Wildman–Crippen MR) is 94.4 cm³/mol. The Balaban J connectivity index is 1.87. The minimum atomic E-state index is 0.368. The van der Waals surface area contributed by atoms with Crippen LogP contribution in [0.15, 0.2) is 0 Å². The molecule has 2 aliphatic rings. The van der Waals surface area contributed by atoms with Gasteiger partial charge < -0.3 is 5.73 Å². The van der Waals surface area contributed by atoms with Crippen molar-refractivity contribution in [1.82, 2.24) is 0 Å². The average Bonchev–Trinajstić information content (AvgIpc) is 2.84. The highest BCUT2D eigenvalue weighted by Crippen LogP contribution is 2.43. The molecule has 0 saturated heterocycles. The minimum Gasteiger partial charge on any atom is -0.398 e. The van der Waals surface area contributed by atoms with Crippen LogP contribution in [0.1, 0.15) is 61.7 Å². The van der Waals surface area contributed by atoms with Gasteiger partial charge in [0, 0.05) is 16.9 Å². The molecule has 2 aromatic rings. The summed E-state index contributed by atoms with van der Waals surface area (Å²) in [6, 6.07) is 0. The van der Waals surface area contributed by atoms with Gasteiger partial charge in [-0.15, -0.1) is 0 Å². The normalized spacial score (nSPS) is 21.7. The molecule has 2 aromatic heterocycles. The Kier molecular flexibility index (Phi) is 3.26. The molecule has 0 spiro atoms. The Labute approximate surface area is 137 Å². The summed E-state index contributed by atoms with van der Waals surface area (Å²) in [5.74, 6) is 0.739. The monoisotopic (exact) mass is 315 g/mol. The van der Waals surface area contributed by atoms with Gasteiger partial charge in [0.15, 0.2) is 5.69 Å². The Bertz CT molecular complexity index is 736. The fourth-order valence-electron chi connectivity index (χ4n) is 4.32. The first-order valence-corrected chi connectivity index (χ1v) is 9.53. The molecule has 0 unspecified atom stereocenters. The van der Waals surface area contributed by atoms with Gasteiger partial charge in [-0.1, -0.05) is 32.1 Å². The third-order valence-electron chi connectivity index (χ3n) is 5.81.